The van der Waals surface area contributed by atoms with Crippen molar-refractivity contribution in [3.05, 3.63) is 0 Å². The molecule has 2 heterocycles. The van der Waals surface area contributed by atoms with Gasteiger partial charge in [0.15, 0.2) is 0 Å². The van der Waals surface area contributed by atoms with Gasteiger partial charge in [-0.15, -0.1) is 0 Å². The van der Waals surface area contributed by atoms with Crippen molar-refractivity contribution >= 4 is 6.09 Å². The molecule has 0 spiro atoms. The Kier molecular flexibility index (Phi) is 9.88. The average Bonchev–Trinajstić information content (AvgIpc) is 2.64. The van der Waals surface area contributed by atoms with Crippen LogP contribution in [0.3, 0.4) is 0 Å². The van der Waals surface area contributed by atoms with Gasteiger partial charge in [-0.2, -0.15) is 0 Å². The summed E-state index contributed by atoms with van der Waals surface area (Å²) in [5.74, 6) is 12.2. The van der Waals surface area contributed by atoms with Crippen molar-refractivity contribution in [2.45, 2.75) is 105 Å². The van der Waals surface area contributed by atoms with Crippen LogP contribution >= 0.6 is 0 Å². The Balaban J connectivity index is 0.000000361. The molecule has 3 N–H and O–H groups in total. The van der Waals surface area contributed by atoms with Gasteiger partial charge in [0.25, 0.3) is 0 Å². The molecule has 2 aliphatic rings. The number of nitrogens with one attached hydrogen (secondary N) is 1. The lowest BCUT2D eigenvalue weighted by atomic mass is 9.89. The lowest BCUT2D eigenvalue weighted by molar-refractivity contribution is -0.00526. The minimum absolute atomic E-state index is 0.0133. The Hall–Kier alpha value is -1.73. The van der Waals surface area contributed by atoms with Crippen molar-refractivity contribution < 1.29 is 19.7 Å². The summed E-state index contributed by atoms with van der Waals surface area (Å²) in [6.07, 6.45) is 2.11. The molecule has 2 rings (SSSR count). The van der Waals surface area contributed by atoms with E-state index in [-0.39, 0.29) is 16.9 Å². The minimum atomic E-state index is -0.980. The van der Waals surface area contributed by atoms with Gasteiger partial charge >= 0.3 is 6.09 Å². The summed E-state index contributed by atoms with van der Waals surface area (Å²) in [7, 11) is 0. The fraction of sp³-hybridized carbons (Fsp3) is 0.815. The van der Waals surface area contributed by atoms with Gasteiger partial charge < -0.3 is 25.2 Å². The molecular formula is C27H46N2O4. The van der Waals surface area contributed by atoms with Crippen molar-refractivity contribution in [1.82, 2.24) is 10.2 Å². The Morgan fingerprint density at radius 3 is 1.55 bits per heavy atom. The van der Waals surface area contributed by atoms with E-state index in [0.717, 1.165) is 25.9 Å². The van der Waals surface area contributed by atoms with Crippen LogP contribution in [0.1, 0.15) is 88.0 Å². The van der Waals surface area contributed by atoms with Crippen LogP contribution in [0.5, 0.6) is 0 Å². The zero-order valence-corrected chi connectivity index (χ0v) is 22.3. The summed E-state index contributed by atoms with van der Waals surface area (Å²) in [4.78, 5) is 13.6. The summed E-state index contributed by atoms with van der Waals surface area (Å²) in [6.45, 7) is 20.5. The molecule has 0 atom stereocenters. The molecule has 2 fully saturated rings. The van der Waals surface area contributed by atoms with Crippen LogP contribution in [0.4, 0.5) is 4.79 Å². The summed E-state index contributed by atoms with van der Waals surface area (Å²) in [6, 6.07) is 0. The predicted octanol–water partition coefficient (Wildman–Crippen LogP) is 3.95. The highest BCUT2D eigenvalue weighted by molar-refractivity contribution is 5.68. The lowest BCUT2D eigenvalue weighted by Crippen LogP contribution is -2.47. The van der Waals surface area contributed by atoms with Crippen molar-refractivity contribution in [2.75, 3.05) is 26.2 Å². The quantitative estimate of drug-likeness (QED) is 0.475. The Labute approximate surface area is 201 Å². The first-order chi connectivity index (χ1) is 14.8. The lowest BCUT2D eigenvalue weighted by Gasteiger charge is -2.36. The second-order valence-corrected chi connectivity index (χ2v) is 12.3. The third-order valence-electron chi connectivity index (χ3n) is 5.01. The highest BCUT2D eigenvalue weighted by Gasteiger charge is 2.34. The Morgan fingerprint density at radius 2 is 1.18 bits per heavy atom. The monoisotopic (exact) mass is 462 g/mol. The van der Waals surface area contributed by atoms with Crippen molar-refractivity contribution in [3.63, 3.8) is 0 Å². The molecule has 6 heteroatoms. The number of aliphatic hydroxyl groups is 2. The van der Waals surface area contributed by atoms with E-state index < -0.39 is 16.8 Å². The smallest absolute Gasteiger partial charge is 0.410 e. The van der Waals surface area contributed by atoms with Crippen LogP contribution in [0.25, 0.3) is 0 Å². The van der Waals surface area contributed by atoms with Crippen LogP contribution in [0.2, 0.25) is 0 Å². The molecule has 0 aromatic rings. The maximum Gasteiger partial charge on any atom is 0.410 e. The molecule has 33 heavy (non-hydrogen) atoms. The molecule has 0 unspecified atom stereocenters. The van der Waals surface area contributed by atoms with Crippen molar-refractivity contribution in [2.24, 2.45) is 10.8 Å². The van der Waals surface area contributed by atoms with Crippen LogP contribution < -0.4 is 5.32 Å². The minimum Gasteiger partial charge on any atom is -0.444 e. The molecule has 0 radical (unpaired) electrons. The van der Waals surface area contributed by atoms with E-state index in [9.17, 15) is 15.0 Å². The van der Waals surface area contributed by atoms with Gasteiger partial charge in [-0.1, -0.05) is 23.7 Å². The summed E-state index contributed by atoms with van der Waals surface area (Å²) < 4.78 is 5.33. The normalized spacial score (nSPS) is 20.2. The first-order valence-corrected chi connectivity index (χ1v) is 12.0. The van der Waals surface area contributed by atoms with E-state index in [1.165, 1.54) is 0 Å². The van der Waals surface area contributed by atoms with Gasteiger partial charge in [-0.3, -0.25) is 0 Å². The highest BCUT2D eigenvalue weighted by atomic mass is 16.6. The molecule has 6 nitrogen and oxygen atoms in total. The number of carbonyl (C=O) groups is 1. The Morgan fingerprint density at radius 1 is 0.788 bits per heavy atom. The van der Waals surface area contributed by atoms with Crippen LogP contribution in [0, 0.1) is 34.5 Å². The molecular weight excluding hydrogens is 416 g/mol. The number of likely N-dealkylation sites (tertiary alicyclic amines) is 1. The fourth-order valence-electron chi connectivity index (χ4n) is 3.08. The molecule has 0 aromatic heterocycles. The largest absolute Gasteiger partial charge is 0.444 e. The van der Waals surface area contributed by atoms with E-state index in [1.807, 2.05) is 41.5 Å². The topological polar surface area (TPSA) is 82.0 Å². The van der Waals surface area contributed by atoms with Gasteiger partial charge in [0, 0.05) is 36.8 Å². The van der Waals surface area contributed by atoms with E-state index in [4.69, 9.17) is 4.74 Å². The molecule has 1 amide bonds. The first kappa shape index (κ1) is 29.3. The molecule has 2 aliphatic heterocycles. The summed E-state index contributed by atoms with van der Waals surface area (Å²) in [5, 5.41) is 23.6. The molecule has 188 valence electrons. The van der Waals surface area contributed by atoms with E-state index in [1.54, 1.807) is 4.90 Å². The number of amides is 1. The van der Waals surface area contributed by atoms with E-state index in [2.05, 4.69) is 49.8 Å². The first-order valence-electron chi connectivity index (χ1n) is 12.0. The molecule has 0 aromatic carbocycles. The third kappa shape index (κ3) is 12.9. The number of hydrogen-bond acceptors (Lipinski definition) is 5. The maximum absolute atomic E-state index is 11.9. The van der Waals surface area contributed by atoms with Gasteiger partial charge in [-0.05, 0) is 88.2 Å². The van der Waals surface area contributed by atoms with Crippen molar-refractivity contribution in [1.29, 1.82) is 0 Å². The van der Waals surface area contributed by atoms with E-state index >= 15 is 0 Å². The number of rotatable bonds is 0. The van der Waals surface area contributed by atoms with E-state index in [0.29, 0.717) is 25.9 Å². The SMILES string of the molecule is CC(C)(C)C#CC1(O)CCN(C(=O)OC(C)(C)C)CC1.CC(C)(C)C#CC1(O)CCNCC1. The standard InChI is InChI=1S/C16H27NO3.C11H19NO/c1-14(2,3)7-8-16(19)9-11-17(12-10-16)13(18)20-15(4,5)6;1-10(2,3)4-5-11(13)6-8-12-9-7-11/h19H,9-12H2,1-6H3;12-13H,6-9H2,1-3H3. The number of carbonyl (C=O) groups excluding carboxylic acids is 1. The van der Waals surface area contributed by atoms with Gasteiger partial charge in [0.2, 0.25) is 0 Å². The van der Waals surface area contributed by atoms with Gasteiger partial charge in [-0.25, -0.2) is 4.79 Å². The Bertz CT molecular complexity index is 762. The second-order valence-electron chi connectivity index (χ2n) is 12.3. The predicted molar refractivity (Wildman–Crippen MR) is 134 cm³/mol. The summed E-state index contributed by atoms with van der Waals surface area (Å²) in [5.41, 5.74) is -2.35. The zero-order chi connectivity index (χ0) is 25.6. The molecule has 2 saturated heterocycles. The summed E-state index contributed by atoms with van der Waals surface area (Å²) >= 11 is 0. The average molecular weight is 463 g/mol. The number of piperidine rings is 2. The molecule has 0 saturated carbocycles. The number of hydrogen-bond donors (Lipinski definition) is 3. The van der Waals surface area contributed by atoms with Crippen LogP contribution in [-0.4, -0.2) is 64.2 Å². The van der Waals surface area contributed by atoms with Crippen molar-refractivity contribution in [3.8, 4) is 23.7 Å². The molecule has 0 bridgehead atoms. The zero-order valence-electron chi connectivity index (χ0n) is 22.3. The van der Waals surface area contributed by atoms with Crippen LogP contribution in [0.15, 0.2) is 0 Å². The number of ether oxygens (including phenoxy) is 1. The second kappa shape index (κ2) is 11.1. The number of nitrogens with zero attached hydrogens (tertiary/aromatic N) is 1. The van der Waals surface area contributed by atoms with Gasteiger partial charge in [0.1, 0.15) is 16.8 Å². The fourth-order valence-corrected chi connectivity index (χ4v) is 3.08. The van der Waals surface area contributed by atoms with Gasteiger partial charge in [0.05, 0.1) is 0 Å². The third-order valence-corrected chi connectivity index (χ3v) is 5.01. The highest BCUT2D eigenvalue weighted by Crippen LogP contribution is 2.24. The van der Waals surface area contributed by atoms with Crippen LogP contribution in [-0.2, 0) is 4.74 Å². The molecule has 0 aliphatic carbocycles. The maximum atomic E-state index is 11.9.